The Bertz CT molecular complexity index is 302. The fourth-order valence-electron chi connectivity index (χ4n) is 2.20. The van der Waals surface area contributed by atoms with Crippen molar-refractivity contribution in [1.29, 1.82) is 0 Å². The van der Waals surface area contributed by atoms with E-state index in [1.165, 1.54) is 0 Å². The standard InChI is InChI=1S/C11H23NO3S/c1-3-16(14,15)9-8-12(2)10-6-4-5-7-11(10)13/h10-11,13H,3-9H2,1-2H3. The van der Waals surface area contributed by atoms with Crippen LogP contribution in [0.5, 0.6) is 0 Å². The molecule has 1 N–H and O–H groups in total. The highest BCUT2D eigenvalue weighted by Crippen LogP contribution is 2.22. The third-order valence-electron chi connectivity index (χ3n) is 3.45. The van der Waals surface area contributed by atoms with Crippen LogP contribution in [0.2, 0.25) is 0 Å². The van der Waals surface area contributed by atoms with E-state index in [-0.39, 0.29) is 23.7 Å². The lowest BCUT2D eigenvalue weighted by atomic mass is 9.92. The highest BCUT2D eigenvalue weighted by Gasteiger charge is 2.26. The smallest absolute Gasteiger partial charge is 0.151 e. The van der Waals surface area contributed by atoms with E-state index in [0.717, 1.165) is 25.7 Å². The second-order valence-electron chi connectivity index (χ2n) is 4.64. The fraction of sp³-hybridized carbons (Fsp3) is 1.00. The third-order valence-corrected chi connectivity index (χ3v) is 5.14. The van der Waals surface area contributed by atoms with Crippen LogP contribution in [0.15, 0.2) is 0 Å². The summed E-state index contributed by atoms with van der Waals surface area (Å²) < 4.78 is 22.8. The maximum Gasteiger partial charge on any atom is 0.151 e. The molecule has 0 aromatic rings. The Balaban J connectivity index is 2.42. The second-order valence-corrected chi connectivity index (χ2v) is 7.11. The first-order valence-electron chi connectivity index (χ1n) is 6.05. The Morgan fingerprint density at radius 3 is 2.50 bits per heavy atom. The summed E-state index contributed by atoms with van der Waals surface area (Å²) in [5, 5.41) is 9.83. The van der Waals surface area contributed by atoms with E-state index in [9.17, 15) is 13.5 Å². The number of aliphatic hydroxyl groups excluding tert-OH is 1. The van der Waals surface area contributed by atoms with Gasteiger partial charge in [-0.3, -0.25) is 4.90 Å². The Morgan fingerprint density at radius 2 is 1.94 bits per heavy atom. The van der Waals surface area contributed by atoms with Crippen LogP contribution in [0, 0.1) is 0 Å². The molecule has 1 fully saturated rings. The number of rotatable bonds is 5. The van der Waals surface area contributed by atoms with E-state index in [1.807, 2.05) is 11.9 Å². The Labute approximate surface area is 98.6 Å². The summed E-state index contributed by atoms with van der Waals surface area (Å²) in [4.78, 5) is 2.00. The van der Waals surface area contributed by atoms with Crippen LogP contribution in [-0.4, -0.2) is 55.7 Å². The molecule has 96 valence electrons. The van der Waals surface area contributed by atoms with Crippen molar-refractivity contribution < 1.29 is 13.5 Å². The first-order valence-corrected chi connectivity index (χ1v) is 7.87. The van der Waals surface area contributed by atoms with Gasteiger partial charge in [-0.2, -0.15) is 0 Å². The van der Waals surface area contributed by atoms with Crippen molar-refractivity contribution in [2.75, 3.05) is 25.1 Å². The summed E-state index contributed by atoms with van der Waals surface area (Å²) >= 11 is 0. The molecule has 0 heterocycles. The normalized spacial score (nSPS) is 27.2. The summed E-state index contributed by atoms with van der Waals surface area (Å²) in [7, 11) is -0.987. The SMILES string of the molecule is CCS(=O)(=O)CCN(C)C1CCCCC1O. The van der Waals surface area contributed by atoms with Gasteiger partial charge in [0.15, 0.2) is 9.84 Å². The zero-order valence-electron chi connectivity index (χ0n) is 10.2. The minimum atomic E-state index is -2.89. The average molecular weight is 249 g/mol. The molecule has 1 saturated carbocycles. The average Bonchev–Trinajstić information content (AvgIpc) is 2.27. The van der Waals surface area contributed by atoms with Crippen molar-refractivity contribution in [1.82, 2.24) is 4.90 Å². The lowest BCUT2D eigenvalue weighted by Gasteiger charge is -2.35. The molecule has 2 unspecified atom stereocenters. The minimum Gasteiger partial charge on any atom is -0.391 e. The van der Waals surface area contributed by atoms with Crippen molar-refractivity contribution >= 4 is 9.84 Å². The lowest BCUT2D eigenvalue weighted by Crippen LogP contribution is -2.45. The third kappa shape index (κ3) is 4.03. The molecule has 16 heavy (non-hydrogen) atoms. The molecule has 1 aliphatic rings. The molecule has 0 radical (unpaired) electrons. The first-order chi connectivity index (χ1) is 7.46. The predicted octanol–water partition coefficient (Wildman–Crippen LogP) is 0.656. The molecule has 0 bridgehead atoms. The number of hydrogen-bond donors (Lipinski definition) is 1. The van der Waals surface area contributed by atoms with Crippen LogP contribution in [-0.2, 0) is 9.84 Å². The molecule has 5 heteroatoms. The monoisotopic (exact) mass is 249 g/mol. The molecule has 1 rings (SSSR count). The van der Waals surface area contributed by atoms with E-state index in [0.29, 0.717) is 6.54 Å². The van der Waals surface area contributed by atoms with Gasteiger partial charge >= 0.3 is 0 Å². The zero-order valence-corrected chi connectivity index (χ0v) is 11.0. The maximum atomic E-state index is 11.4. The van der Waals surface area contributed by atoms with Crippen LogP contribution in [0.1, 0.15) is 32.6 Å². The Morgan fingerprint density at radius 1 is 1.31 bits per heavy atom. The van der Waals surface area contributed by atoms with Gasteiger partial charge in [-0.1, -0.05) is 19.8 Å². The lowest BCUT2D eigenvalue weighted by molar-refractivity contribution is 0.0349. The molecule has 0 aromatic heterocycles. The molecular formula is C11H23NO3S. The Kier molecular flexibility index (Phi) is 5.21. The van der Waals surface area contributed by atoms with Crippen molar-refractivity contribution in [3.8, 4) is 0 Å². The zero-order chi connectivity index (χ0) is 12.2. The van der Waals surface area contributed by atoms with Crippen molar-refractivity contribution in [3.05, 3.63) is 0 Å². The summed E-state index contributed by atoms with van der Waals surface area (Å²) in [6.07, 6.45) is 3.74. The van der Waals surface area contributed by atoms with Crippen LogP contribution in [0.3, 0.4) is 0 Å². The second kappa shape index (κ2) is 5.98. The van der Waals surface area contributed by atoms with Crippen LogP contribution in [0.4, 0.5) is 0 Å². The van der Waals surface area contributed by atoms with E-state index < -0.39 is 9.84 Å². The van der Waals surface area contributed by atoms with Gasteiger partial charge in [0.2, 0.25) is 0 Å². The maximum absolute atomic E-state index is 11.4. The van der Waals surface area contributed by atoms with Gasteiger partial charge in [0, 0.05) is 18.3 Å². The molecule has 0 aliphatic heterocycles. The molecule has 1 aliphatic carbocycles. The minimum absolute atomic E-state index is 0.140. The van der Waals surface area contributed by atoms with Crippen LogP contribution in [0.25, 0.3) is 0 Å². The summed E-state index contributed by atoms with van der Waals surface area (Å²) in [6.45, 7) is 2.20. The molecule has 0 amide bonds. The fourth-order valence-corrected chi connectivity index (χ4v) is 3.05. The number of hydrogen-bond acceptors (Lipinski definition) is 4. The number of nitrogens with zero attached hydrogens (tertiary/aromatic N) is 1. The van der Waals surface area contributed by atoms with E-state index >= 15 is 0 Å². The Hall–Kier alpha value is -0.130. The van der Waals surface area contributed by atoms with Gasteiger partial charge < -0.3 is 5.11 Å². The van der Waals surface area contributed by atoms with Crippen molar-refractivity contribution in [2.45, 2.75) is 44.8 Å². The molecule has 2 atom stereocenters. The van der Waals surface area contributed by atoms with Gasteiger partial charge in [-0.15, -0.1) is 0 Å². The van der Waals surface area contributed by atoms with Gasteiger partial charge in [-0.05, 0) is 19.9 Å². The van der Waals surface area contributed by atoms with Gasteiger partial charge in [0.05, 0.1) is 11.9 Å². The largest absolute Gasteiger partial charge is 0.391 e. The van der Waals surface area contributed by atoms with Gasteiger partial charge in [0.25, 0.3) is 0 Å². The topological polar surface area (TPSA) is 57.6 Å². The summed E-state index contributed by atoms with van der Waals surface area (Å²) in [5.41, 5.74) is 0. The molecule has 0 aromatic carbocycles. The van der Waals surface area contributed by atoms with E-state index in [2.05, 4.69) is 0 Å². The van der Waals surface area contributed by atoms with Gasteiger partial charge in [-0.25, -0.2) is 8.42 Å². The number of sulfone groups is 1. The summed E-state index contributed by atoms with van der Waals surface area (Å²) in [6, 6.07) is 0.140. The van der Waals surface area contributed by atoms with Crippen LogP contribution >= 0.6 is 0 Å². The number of likely N-dealkylation sites (N-methyl/N-ethyl adjacent to an activating group) is 1. The predicted molar refractivity (Wildman–Crippen MR) is 65.2 cm³/mol. The quantitative estimate of drug-likeness (QED) is 0.777. The van der Waals surface area contributed by atoms with E-state index in [4.69, 9.17) is 0 Å². The molecule has 0 saturated heterocycles. The molecule has 4 nitrogen and oxygen atoms in total. The van der Waals surface area contributed by atoms with Gasteiger partial charge in [0.1, 0.15) is 0 Å². The number of aliphatic hydroxyl groups is 1. The summed E-state index contributed by atoms with van der Waals surface area (Å²) in [5.74, 6) is 0.400. The van der Waals surface area contributed by atoms with Crippen LogP contribution < -0.4 is 0 Å². The highest BCUT2D eigenvalue weighted by molar-refractivity contribution is 7.91. The van der Waals surface area contributed by atoms with E-state index in [1.54, 1.807) is 6.92 Å². The van der Waals surface area contributed by atoms with Crippen molar-refractivity contribution in [3.63, 3.8) is 0 Å². The first kappa shape index (κ1) is 13.9. The van der Waals surface area contributed by atoms with Crippen molar-refractivity contribution in [2.24, 2.45) is 0 Å². The highest BCUT2D eigenvalue weighted by atomic mass is 32.2. The molecular weight excluding hydrogens is 226 g/mol. The molecule has 0 spiro atoms.